The molecular formula is C15H23N3O4S. The third-order valence-corrected chi connectivity index (χ3v) is 7.54. The zero-order valence-electron chi connectivity index (χ0n) is 13.7. The zero-order valence-corrected chi connectivity index (χ0v) is 14.6. The molecule has 7 nitrogen and oxygen atoms in total. The molecule has 0 bridgehead atoms. The van der Waals surface area contributed by atoms with E-state index in [9.17, 15) is 18.3 Å². The van der Waals surface area contributed by atoms with E-state index in [4.69, 9.17) is 0 Å². The molecule has 1 aromatic rings. The number of sulfonamides is 1. The van der Waals surface area contributed by atoms with Crippen LogP contribution in [0.1, 0.15) is 37.6 Å². The maximum Gasteiger partial charge on any atom is 0.311 e. The van der Waals surface area contributed by atoms with Crippen molar-refractivity contribution >= 4 is 16.0 Å². The highest BCUT2D eigenvalue weighted by Crippen LogP contribution is 2.50. The van der Waals surface area contributed by atoms with Gasteiger partial charge in [0, 0.05) is 19.6 Å². The molecule has 0 radical (unpaired) electrons. The number of aryl methyl sites for hydroxylation is 2. The Morgan fingerprint density at radius 1 is 1.43 bits per heavy atom. The number of rotatable bonds is 4. The van der Waals surface area contributed by atoms with Gasteiger partial charge in [-0.1, -0.05) is 6.42 Å². The summed E-state index contributed by atoms with van der Waals surface area (Å²) in [5.74, 6) is -0.952. The van der Waals surface area contributed by atoms with E-state index in [1.165, 1.54) is 4.31 Å². The smallest absolute Gasteiger partial charge is 0.311 e. The second kappa shape index (κ2) is 5.31. The van der Waals surface area contributed by atoms with Crippen LogP contribution in [-0.4, -0.2) is 46.7 Å². The van der Waals surface area contributed by atoms with E-state index in [1.54, 1.807) is 18.5 Å². The number of fused-ring (bicyclic) bond motifs is 1. The Labute approximate surface area is 136 Å². The maximum absolute atomic E-state index is 13.1. The number of aromatic nitrogens is 2. The van der Waals surface area contributed by atoms with Gasteiger partial charge in [0.05, 0.1) is 16.8 Å². The fourth-order valence-electron chi connectivity index (χ4n) is 4.27. The Hall–Kier alpha value is -1.41. The van der Waals surface area contributed by atoms with Gasteiger partial charge in [-0.3, -0.25) is 9.48 Å². The van der Waals surface area contributed by atoms with Gasteiger partial charge in [0.25, 0.3) is 0 Å². The molecule has 0 aromatic carbocycles. The van der Waals surface area contributed by atoms with Gasteiger partial charge in [-0.2, -0.15) is 9.40 Å². The molecule has 1 saturated carbocycles. The van der Waals surface area contributed by atoms with Gasteiger partial charge in [-0.25, -0.2) is 8.42 Å². The van der Waals surface area contributed by atoms with E-state index in [0.29, 0.717) is 30.9 Å². The Balaban J connectivity index is 2.00. The molecule has 1 aromatic heterocycles. The molecule has 1 N–H and O–H groups in total. The summed E-state index contributed by atoms with van der Waals surface area (Å²) in [6, 6.07) is 0. The molecule has 23 heavy (non-hydrogen) atoms. The second-order valence-electron chi connectivity index (χ2n) is 6.66. The van der Waals surface area contributed by atoms with Crippen LogP contribution in [0.15, 0.2) is 4.90 Å². The van der Waals surface area contributed by atoms with Gasteiger partial charge in [-0.05, 0) is 39.5 Å². The van der Waals surface area contributed by atoms with E-state index in [0.717, 1.165) is 12.8 Å². The van der Waals surface area contributed by atoms with Crippen LogP contribution in [0.4, 0.5) is 0 Å². The Morgan fingerprint density at radius 3 is 2.65 bits per heavy atom. The van der Waals surface area contributed by atoms with Crippen LogP contribution < -0.4 is 0 Å². The lowest BCUT2D eigenvalue weighted by molar-refractivity contribution is -0.149. The predicted octanol–water partition coefficient (Wildman–Crippen LogP) is 1.40. The van der Waals surface area contributed by atoms with Gasteiger partial charge < -0.3 is 5.11 Å². The number of carboxylic acid groups (broad SMARTS) is 1. The van der Waals surface area contributed by atoms with Gasteiger partial charge in [0.2, 0.25) is 10.0 Å². The first-order valence-corrected chi connectivity index (χ1v) is 9.45. The summed E-state index contributed by atoms with van der Waals surface area (Å²) in [4.78, 5) is 12.0. The van der Waals surface area contributed by atoms with Crippen LogP contribution in [0.2, 0.25) is 0 Å². The summed E-state index contributed by atoms with van der Waals surface area (Å²) in [6.45, 7) is 6.33. The minimum atomic E-state index is -3.72. The Bertz CT molecular complexity index is 755. The van der Waals surface area contributed by atoms with Crippen LogP contribution in [0, 0.1) is 25.2 Å². The number of hydrogen-bond donors (Lipinski definition) is 1. The van der Waals surface area contributed by atoms with Crippen LogP contribution in [0.5, 0.6) is 0 Å². The molecular weight excluding hydrogens is 318 g/mol. The van der Waals surface area contributed by atoms with Crippen molar-refractivity contribution in [3.8, 4) is 0 Å². The predicted molar refractivity (Wildman–Crippen MR) is 83.5 cm³/mol. The third-order valence-electron chi connectivity index (χ3n) is 5.48. The fourth-order valence-corrected chi connectivity index (χ4v) is 6.19. The molecule has 0 amide bonds. The van der Waals surface area contributed by atoms with Crippen molar-refractivity contribution in [3.05, 3.63) is 11.4 Å². The monoisotopic (exact) mass is 341 g/mol. The SMILES string of the molecule is CCn1nc(C)c(S(=O)(=O)N2C[C@@H]3CCC[C@@]3(C(=O)O)C2)c1C. The van der Waals surface area contributed by atoms with Gasteiger partial charge >= 0.3 is 5.97 Å². The number of carboxylic acids is 1. The Kier molecular flexibility index (Phi) is 3.79. The van der Waals surface area contributed by atoms with Crippen molar-refractivity contribution in [2.24, 2.45) is 11.3 Å². The molecule has 8 heteroatoms. The lowest BCUT2D eigenvalue weighted by Crippen LogP contribution is -2.37. The molecule has 1 aliphatic carbocycles. The van der Waals surface area contributed by atoms with Crippen molar-refractivity contribution < 1.29 is 18.3 Å². The average molecular weight is 341 g/mol. The lowest BCUT2D eigenvalue weighted by atomic mass is 9.81. The van der Waals surface area contributed by atoms with Crippen LogP contribution >= 0.6 is 0 Å². The minimum absolute atomic E-state index is 0.0749. The van der Waals surface area contributed by atoms with Crippen LogP contribution in [0.3, 0.4) is 0 Å². The highest BCUT2D eigenvalue weighted by atomic mass is 32.2. The lowest BCUT2D eigenvalue weighted by Gasteiger charge is -2.23. The molecule has 0 unspecified atom stereocenters. The van der Waals surface area contributed by atoms with Gasteiger partial charge in [0.1, 0.15) is 4.90 Å². The molecule has 2 heterocycles. The number of carbonyl (C=O) groups is 1. The standard InChI is InChI=1S/C15H23N3O4S/c1-4-18-11(3)13(10(2)16-18)23(21,22)17-8-12-6-5-7-15(12,9-17)14(19)20/h12H,4-9H2,1-3H3,(H,19,20)/t12-,15+/m0/s1. The highest BCUT2D eigenvalue weighted by Gasteiger charge is 2.57. The van der Waals surface area contributed by atoms with Crippen LogP contribution in [0.25, 0.3) is 0 Å². The average Bonchev–Trinajstić information content (AvgIpc) is 3.09. The molecule has 0 spiro atoms. The summed E-state index contributed by atoms with van der Waals surface area (Å²) < 4.78 is 29.2. The second-order valence-corrected chi connectivity index (χ2v) is 8.54. The molecule has 2 atom stereocenters. The van der Waals surface area contributed by atoms with E-state index < -0.39 is 21.4 Å². The van der Waals surface area contributed by atoms with Crippen molar-refractivity contribution in [1.29, 1.82) is 0 Å². The fraction of sp³-hybridized carbons (Fsp3) is 0.733. The Morgan fingerprint density at radius 2 is 2.13 bits per heavy atom. The maximum atomic E-state index is 13.1. The molecule has 2 fully saturated rings. The van der Waals surface area contributed by atoms with Crippen molar-refractivity contribution in [3.63, 3.8) is 0 Å². The number of nitrogens with zero attached hydrogens (tertiary/aromatic N) is 3. The summed E-state index contributed by atoms with van der Waals surface area (Å²) in [5.41, 5.74) is 0.188. The zero-order chi connectivity index (χ0) is 17.0. The highest BCUT2D eigenvalue weighted by molar-refractivity contribution is 7.89. The van der Waals surface area contributed by atoms with Gasteiger partial charge in [-0.15, -0.1) is 0 Å². The summed E-state index contributed by atoms with van der Waals surface area (Å²) in [5, 5.41) is 13.9. The summed E-state index contributed by atoms with van der Waals surface area (Å²) in [6.07, 6.45) is 2.20. The molecule has 1 aliphatic heterocycles. The van der Waals surface area contributed by atoms with E-state index in [2.05, 4.69) is 5.10 Å². The number of hydrogen-bond acceptors (Lipinski definition) is 4. The number of aliphatic carboxylic acids is 1. The third kappa shape index (κ3) is 2.22. The summed E-state index contributed by atoms with van der Waals surface area (Å²) in [7, 11) is -3.72. The van der Waals surface area contributed by atoms with E-state index in [1.807, 2.05) is 6.92 Å². The van der Waals surface area contributed by atoms with Gasteiger partial charge in [0.15, 0.2) is 0 Å². The quantitative estimate of drug-likeness (QED) is 0.893. The first kappa shape index (κ1) is 16.4. The molecule has 3 rings (SSSR count). The van der Waals surface area contributed by atoms with E-state index >= 15 is 0 Å². The molecule has 2 aliphatic rings. The first-order valence-electron chi connectivity index (χ1n) is 8.01. The van der Waals surface area contributed by atoms with Crippen molar-refractivity contribution in [2.45, 2.75) is 51.5 Å². The van der Waals surface area contributed by atoms with Crippen molar-refractivity contribution in [1.82, 2.24) is 14.1 Å². The minimum Gasteiger partial charge on any atom is -0.481 e. The largest absolute Gasteiger partial charge is 0.481 e. The van der Waals surface area contributed by atoms with Crippen molar-refractivity contribution in [2.75, 3.05) is 13.1 Å². The molecule has 1 saturated heterocycles. The van der Waals surface area contributed by atoms with Crippen LogP contribution in [-0.2, 0) is 21.4 Å². The molecule has 128 valence electrons. The normalized spacial score (nSPS) is 28.2. The van der Waals surface area contributed by atoms with E-state index in [-0.39, 0.29) is 17.4 Å². The topological polar surface area (TPSA) is 92.5 Å². The first-order chi connectivity index (χ1) is 10.7. The summed E-state index contributed by atoms with van der Waals surface area (Å²) >= 11 is 0.